The molecule has 1 aromatic heterocycles. The van der Waals surface area contributed by atoms with E-state index in [2.05, 4.69) is 28.3 Å². The van der Waals surface area contributed by atoms with Gasteiger partial charge in [-0.2, -0.15) is 0 Å². The van der Waals surface area contributed by atoms with Crippen LogP contribution in [0.25, 0.3) is 11.0 Å². The number of fused-ring (bicyclic) bond motifs is 1. The van der Waals surface area contributed by atoms with E-state index in [-0.39, 0.29) is 12.5 Å². The average Bonchev–Trinajstić information content (AvgIpc) is 2.86. The van der Waals surface area contributed by atoms with E-state index in [1.807, 2.05) is 13.0 Å². The van der Waals surface area contributed by atoms with Crippen molar-refractivity contribution in [1.29, 1.82) is 0 Å². The van der Waals surface area contributed by atoms with Crippen molar-refractivity contribution in [3.05, 3.63) is 29.1 Å². The summed E-state index contributed by atoms with van der Waals surface area (Å²) in [7, 11) is -1.72. The summed E-state index contributed by atoms with van der Waals surface area (Å²) >= 11 is 0. The summed E-state index contributed by atoms with van der Waals surface area (Å²) in [5, 5.41) is 2.72. The van der Waals surface area contributed by atoms with E-state index in [1.54, 1.807) is 0 Å². The van der Waals surface area contributed by atoms with Crippen LogP contribution in [0, 0.1) is 13.8 Å². The maximum Gasteiger partial charge on any atom is 0.220 e. The predicted molar refractivity (Wildman–Crippen MR) is 94.4 cm³/mol. The monoisotopic (exact) mass is 352 g/mol. The molecular weight excluding hydrogens is 328 g/mol. The van der Waals surface area contributed by atoms with Gasteiger partial charge in [-0.15, -0.1) is 0 Å². The molecule has 7 nitrogen and oxygen atoms in total. The van der Waals surface area contributed by atoms with E-state index in [1.165, 1.54) is 22.5 Å². The van der Waals surface area contributed by atoms with Gasteiger partial charge in [-0.05, 0) is 37.1 Å². The number of carbonyl (C=O) groups excluding carboxylic acids is 1. The minimum absolute atomic E-state index is 0.121. The Morgan fingerprint density at radius 1 is 1.29 bits per heavy atom. The van der Waals surface area contributed by atoms with Crippen LogP contribution in [0.1, 0.15) is 23.4 Å². The van der Waals surface area contributed by atoms with Gasteiger partial charge >= 0.3 is 0 Å². The minimum atomic E-state index is -3.21. The summed E-state index contributed by atoms with van der Waals surface area (Å²) in [5.41, 5.74) is 4.27. The van der Waals surface area contributed by atoms with Gasteiger partial charge in [0.25, 0.3) is 0 Å². The van der Waals surface area contributed by atoms with Crippen LogP contribution in [0.3, 0.4) is 0 Å². The maximum atomic E-state index is 11.9. The van der Waals surface area contributed by atoms with Crippen molar-refractivity contribution >= 4 is 27.0 Å². The first-order valence-corrected chi connectivity index (χ1v) is 9.65. The Kier molecular flexibility index (Phi) is 5.61. The van der Waals surface area contributed by atoms with Crippen molar-refractivity contribution in [3.8, 4) is 0 Å². The first-order valence-electron chi connectivity index (χ1n) is 7.80. The summed E-state index contributed by atoms with van der Waals surface area (Å²) in [6.45, 7) is 4.65. The van der Waals surface area contributed by atoms with Gasteiger partial charge in [0.15, 0.2) is 0 Å². The molecule has 0 atom stereocenters. The van der Waals surface area contributed by atoms with Crippen LogP contribution in [0.5, 0.6) is 0 Å². The molecule has 2 rings (SSSR count). The number of hydrogen-bond donors (Lipinski definition) is 2. The molecule has 0 fully saturated rings. The van der Waals surface area contributed by atoms with Gasteiger partial charge in [0.1, 0.15) is 5.82 Å². The molecule has 1 heterocycles. The van der Waals surface area contributed by atoms with Gasteiger partial charge in [0.05, 0.1) is 17.3 Å². The van der Waals surface area contributed by atoms with E-state index < -0.39 is 10.0 Å². The summed E-state index contributed by atoms with van der Waals surface area (Å²) < 4.78 is 23.7. The first-order chi connectivity index (χ1) is 11.2. The van der Waals surface area contributed by atoms with Crippen molar-refractivity contribution in [1.82, 2.24) is 19.6 Å². The molecule has 0 radical (unpaired) electrons. The molecule has 0 bridgehead atoms. The molecule has 1 amide bonds. The van der Waals surface area contributed by atoms with Crippen molar-refractivity contribution in [2.45, 2.75) is 26.7 Å². The number of nitrogens with one attached hydrogen (secondary N) is 2. The van der Waals surface area contributed by atoms with E-state index in [0.717, 1.165) is 23.1 Å². The number of likely N-dealkylation sites (N-methyl/N-ethyl adjacent to an activating group) is 1. The molecule has 8 heteroatoms. The zero-order valence-electron chi connectivity index (χ0n) is 14.5. The smallest absolute Gasteiger partial charge is 0.220 e. The quantitative estimate of drug-likeness (QED) is 0.780. The molecule has 0 aliphatic heterocycles. The van der Waals surface area contributed by atoms with Gasteiger partial charge in [-0.3, -0.25) is 4.79 Å². The number of aryl methyl sites for hydroxylation is 3. The Morgan fingerprint density at radius 2 is 1.96 bits per heavy atom. The summed E-state index contributed by atoms with van der Waals surface area (Å²) in [4.78, 5) is 19.6. The number of carbonyl (C=O) groups is 1. The molecule has 0 aliphatic carbocycles. The minimum Gasteiger partial charge on any atom is -0.355 e. The lowest BCUT2D eigenvalue weighted by atomic mass is 10.1. The van der Waals surface area contributed by atoms with Crippen LogP contribution in [0.15, 0.2) is 12.1 Å². The van der Waals surface area contributed by atoms with E-state index in [0.29, 0.717) is 19.4 Å². The largest absolute Gasteiger partial charge is 0.355 e. The van der Waals surface area contributed by atoms with Crippen molar-refractivity contribution in [2.75, 3.05) is 26.4 Å². The second kappa shape index (κ2) is 7.31. The fraction of sp³-hybridized carbons (Fsp3) is 0.500. The van der Waals surface area contributed by atoms with Crippen LogP contribution in [-0.4, -0.2) is 55.0 Å². The molecule has 132 valence electrons. The fourth-order valence-corrected chi connectivity index (χ4v) is 2.70. The predicted octanol–water partition coefficient (Wildman–Crippen LogP) is 1.12. The third-order valence-electron chi connectivity index (χ3n) is 4.05. The number of H-pyrrole nitrogens is 1. The van der Waals surface area contributed by atoms with Crippen molar-refractivity contribution in [3.63, 3.8) is 0 Å². The van der Waals surface area contributed by atoms with Crippen LogP contribution in [-0.2, 0) is 21.2 Å². The van der Waals surface area contributed by atoms with Gasteiger partial charge < -0.3 is 10.3 Å². The van der Waals surface area contributed by atoms with E-state index in [4.69, 9.17) is 0 Å². The number of rotatable bonds is 7. The summed E-state index contributed by atoms with van der Waals surface area (Å²) in [6, 6.07) is 4.09. The Bertz CT molecular complexity index is 803. The third-order valence-corrected chi connectivity index (χ3v) is 5.37. The molecule has 2 N–H and O–H groups in total. The lowest BCUT2D eigenvalue weighted by molar-refractivity contribution is -0.121. The normalized spacial score (nSPS) is 12.0. The molecular formula is C16H24N4O3S. The number of imidazole rings is 1. The van der Waals surface area contributed by atoms with Crippen LogP contribution in [0.2, 0.25) is 0 Å². The SMILES string of the molecule is Cc1cc2nc(CCC(=O)NCCN(C)S(C)(=O)=O)[nH]c2cc1C. The Labute approximate surface area is 142 Å². The molecule has 2 aromatic rings. The standard InChI is InChI=1S/C16H24N4O3S/c1-11-9-13-14(10-12(11)2)19-15(18-13)5-6-16(21)17-7-8-20(3)24(4,22)23/h9-10H,5-8H2,1-4H3,(H,17,21)(H,18,19). The van der Waals surface area contributed by atoms with Crippen LogP contribution >= 0.6 is 0 Å². The number of aromatic amines is 1. The Balaban J connectivity index is 1.84. The van der Waals surface area contributed by atoms with Crippen molar-refractivity contribution in [2.24, 2.45) is 0 Å². The first kappa shape index (κ1) is 18.4. The zero-order valence-corrected chi connectivity index (χ0v) is 15.3. The number of benzene rings is 1. The molecule has 24 heavy (non-hydrogen) atoms. The van der Waals surface area contributed by atoms with Crippen LogP contribution in [0.4, 0.5) is 0 Å². The van der Waals surface area contributed by atoms with Gasteiger partial charge in [0.2, 0.25) is 15.9 Å². The molecule has 0 spiro atoms. The molecule has 1 aromatic carbocycles. The highest BCUT2D eigenvalue weighted by atomic mass is 32.2. The number of hydrogen-bond acceptors (Lipinski definition) is 4. The topological polar surface area (TPSA) is 95.2 Å². The molecule has 0 saturated carbocycles. The maximum absolute atomic E-state index is 11.9. The lowest BCUT2D eigenvalue weighted by Gasteiger charge is -2.14. The molecule has 0 aliphatic rings. The van der Waals surface area contributed by atoms with Gasteiger partial charge in [-0.25, -0.2) is 17.7 Å². The Hall–Kier alpha value is -1.93. The highest BCUT2D eigenvalue weighted by Crippen LogP contribution is 2.17. The number of nitrogens with zero attached hydrogens (tertiary/aromatic N) is 2. The Morgan fingerprint density at radius 3 is 2.62 bits per heavy atom. The van der Waals surface area contributed by atoms with Gasteiger partial charge in [0, 0.05) is 33.0 Å². The zero-order chi connectivity index (χ0) is 17.9. The highest BCUT2D eigenvalue weighted by Gasteiger charge is 2.11. The number of amides is 1. The van der Waals surface area contributed by atoms with Crippen LogP contribution < -0.4 is 5.32 Å². The van der Waals surface area contributed by atoms with E-state index in [9.17, 15) is 13.2 Å². The number of sulfonamides is 1. The third kappa shape index (κ3) is 4.78. The number of aromatic nitrogens is 2. The summed E-state index contributed by atoms with van der Waals surface area (Å²) in [5.74, 6) is 0.656. The highest BCUT2D eigenvalue weighted by molar-refractivity contribution is 7.88. The summed E-state index contributed by atoms with van der Waals surface area (Å²) in [6.07, 6.45) is 1.96. The van der Waals surface area contributed by atoms with E-state index >= 15 is 0 Å². The van der Waals surface area contributed by atoms with Gasteiger partial charge in [-0.1, -0.05) is 0 Å². The second-order valence-corrected chi connectivity index (χ2v) is 8.16. The average molecular weight is 352 g/mol. The lowest BCUT2D eigenvalue weighted by Crippen LogP contribution is -2.35. The fourth-order valence-electron chi connectivity index (χ4n) is 2.28. The second-order valence-electron chi connectivity index (χ2n) is 6.07. The van der Waals surface area contributed by atoms with Crippen molar-refractivity contribution < 1.29 is 13.2 Å². The molecule has 0 unspecified atom stereocenters. The molecule has 0 saturated heterocycles.